The Bertz CT molecular complexity index is 238. The average Bonchev–Trinajstić information content (AvgIpc) is 2.07. The van der Waals surface area contributed by atoms with Crippen LogP contribution in [0.4, 0.5) is 13.2 Å². The largest absolute Gasteiger partial charge is 0.416 e. The standard InChI is InChI=1S/C7H4ClF3.C2H6/c8-6-3-1-5(2-4-6)7(9,10)11;1-2/h1-4H;1-2H3. The number of benzene rings is 1. The van der Waals surface area contributed by atoms with Crippen LogP contribution in [0.25, 0.3) is 0 Å². The molecule has 0 atom stereocenters. The Balaban J connectivity index is 0.000000671. The van der Waals surface area contributed by atoms with Gasteiger partial charge in [-0.05, 0) is 24.3 Å². The lowest BCUT2D eigenvalue weighted by Gasteiger charge is -2.04. The second-order valence-electron chi connectivity index (χ2n) is 2.00. The van der Waals surface area contributed by atoms with Crippen molar-refractivity contribution in [2.75, 3.05) is 0 Å². The minimum atomic E-state index is -4.27. The van der Waals surface area contributed by atoms with Gasteiger partial charge < -0.3 is 0 Å². The lowest BCUT2D eigenvalue weighted by atomic mass is 10.2. The molecule has 0 saturated heterocycles. The maximum absolute atomic E-state index is 11.9. The molecule has 4 heteroatoms. The minimum Gasteiger partial charge on any atom is -0.166 e. The first-order valence-electron chi connectivity index (χ1n) is 3.83. The van der Waals surface area contributed by atoms with Gasteiger partial charge in [0.05, 0.1) is 5.56 Å². The van der Waals surface area contributed by atoms with E-state index >= 15 is 0 Å². The summed E-state index contributed by atoms with van der Waals surface area (Å²) in [5.74, 6) is 0. The summed E-state index contributed by atoms with van der Waals surface area (Å²) in [7, 11) is 0. The maximum atomic E-state index is 11.9. The number of hydrogen-bond acceptors (Lipinski definition) is 0. The summed E-state index contributed by atoms with van der Waals surface area (Å²) in [4.78, 5) is 0. The van der Waals surface area contributed by atoms with E-state index in [9.17, 15) is 13.2 Å². The molecule has 13 heavy (non-hydrogen) atoms. The third-order valence-corrected chi connectivity index (χ3v) is 1.42. The average molecular weight is 211 g/mol. The van der Waals surface area contributed by atoms with E-state index in [-0.39, 0.29) is 0 Å². The Morgan fingerprint density at radius 3 is 1.69 bits per heavy atom. The molecule has 0 radical (unpaired) electrons. The summed E-state index contributed by atoms with van der Waals surface area (Å²) >= 11 is 5.39. The van der Waals surface area contributed by atoms with Crippen molar-refractivity contribution in [3.63, 3.8) is 0 Å². The molecule has 0 aliphatic rings. The van der Waals surface area contributed by atoms with Crippen LogP contribution >= 0.6 is 11.6 Å². The van der Waals surface area contributed by atoms with Gasteiger partial charge >= 0.3 is 6.18 Å². The molecule has 1 aromatic carbocycles. The van der Waals surface area contributed by atoms with E-state index in [4.69, 9.17) is 11.6 Å². The van der Waals surface area contributed by atoms with Crippen molar-refractivity contribution < 1.29 is 13.2 Å². The van der Waals surface area contributed by atoms with Gasteiger partial charge in [0.25, 0.3) is 0 Å². The molecule has 0 N–H and O–H groups in total. The summed E-state index contributed by atoms with van der Waals surface area (Å²) in [6.07, 6.45) is -4.27. The second-order valence-corrected chi connectivity index (χ2v) is 2.44. The smallest absolute Gasteiger partial charge is 0.166 e. The molecule has 0 aliphatic heterocycles. The Kier molecular flexibility index (Phi) is 4.85. The molecule has 0 spiro atoms. The van der Waals surface area contributed by atoms with Gasteiger partial charge in [-0.2, -0.15) is 13.2 Å². The predicted molar refractivity (Wildman–Crippen MR) is 47.8 cm³/mol. The summed E-state index contributed by atoms with van der Waals surface area (Å²) in [5, 5.41) is 0.304. The van der Waals surface area contributed by atoms with Crippen LogP contribution in [0.3, 0.4) is 0 Å². The summed E-state index contributed by atoms with van der Waals surface area (Å²) in [6.45, 7) is 4.00. The highest BCUT2D eigenvalue weighted by Gasteiger charge is 2.29. The van der Waals surface area contributed by atoms with Crippen molar-refractivity contribution in [1.82, 2.24) is 0 Å². The van der Waals surface area contributed by atoms with Crippen LogP contribution in [-0.2, 0) is 6.18 Å². The van der Waals surface area contributed by atoms with Crippen LogP contribution < -0.4 is 0 Å². The van der Waals surface area contributed by atoms with Crippen LogP contribution in [-0.4, -0.2) is 0 Å². The molecule has 0 fully saturated rings. The van der Waals surface area contributed by atoms with Crippen molar-refractivity contribution in [2.45, 2.75) is 20.0 Å². The van der Waals surface area contributed by atoms with Gasteiger partial charge in [-0.1, -0.05) is 25.4 Å². The molecule has 0 aliphatic carbocycles. The van der Waals surface area contributed by atoms with Gasteiger partial charge in [-0.15, -0.1) is 0 Å². The monoisotopic (exact) mass is 210 g/mol. The molecule has 1 aromatic rings. The van der Waals surface area contributed by atoms with Crippen LogP contribution in [0.5, 0.6) is 0 Å². The highest BCUT2D eigenvalue weighted by molar-refractivity contribution is 6.30. The lowest BCUT2D eigenvalue weighted by Crippen LogP contribution is -2.03. The third kappa shape index (κ3) is 4.18. The number of halogens is 4. The van der Waals surface area contributed by atoms with Crippen molar-refractivity contribution >= 4 is 11.6 Å². The van der Waals surface area contributed by atoms with Gasteiger partial charge in [0.15, 0.2) is 0 Å². The predicted octanol–water partition coefficient (Wildman–Crippen LogP) is 4.39. The summed E-state index contributed by atoms with van der Waals surface area (Å²) < 4.78 is 35.6. The molecule has 1 rings (SSSR count). The Morgan fingerprint density at radius 2 is 1.38 bits per heavy atom. The fraction of sp³-hybridized carbons (Fsp3) is 0.333. The van der Waals surface area contributed by atoms with E-state index in [0.29, 0.717) is 5.02 Å². The highest BCUT2D eigenvalue weighted by atomic mass is 35.5. The first-order chi connectivity index (χ1) is 6.00. The Morgan fingerprint density at radius 1 is 1.00 bits per heavy atom. The number of rotatable bonds is 0. The maximum Gasteiger partial charge on any atom is 0.416 e. The summed E-state index contributed by atoms with van der Waals surface area (Å²) in [5.41, 5.74) is -0.679. The zero-order valence-electron chi connectivity index (χ0n) is 7.32. The normalized spacial score (nSPS) is 10.3. The van der Waals surface area contributed by atoms with Crippen molar-refractivity contribution in [2.24, 2.45) is 0 Å². The minimum absolute atomic E-state index is 0.304. The fourth-order valence-electron chi connectivity index (χ4n) is 0.639. The topological polar surface area (TPSA) is 0 Å². The van der Waals surface area contributed by atoms with Gasteiger partial charge in [0.2, 0.25) is 0 Å². The lowest BCUT2D eigenvalue weighted by molar-refractivity contribution is -0.137. The van der Waals surface area contributed by atoms with Crippen LogP contribution in [0.15, 0.2) is 24.3 Å². The van der Waals surface area contributed by atoms with Crippen molar-refractivity contribution in [1.29, 1.82) is 0 Å². The van der Waals surface area contributed by atoms with E-state index in [2.05, 4.69) is 0 Å². The third-order valence-electron chi connectivity index (χ3n) is 1.17. The molecular weight excluding hydrogens is 201 g/mol. The highest BCUT2D eigenvalue weighted by Crippen LogP contribution is 2.29. The van der Waals surface area contributed by atoms with Crippen molar-refractivity contribution in [3.8, 4) is 0 Å². The molecule has 0 heterocycles. The second kappa shape index (κ2) is 5.12. The van der Waals surface area contributed by atoms with Gasteiger partial charge in [0, 0.05) is 5.02 Å². The first-order valence-corrected chi connectivity index (χ1v) is 4.21. The zero-order chi connectivity index (χ0) is 10.5. The van der Waals surface area contributed by atoms with E-state index in [1.54, 1.807) is 0 Å². The molecule has 0 saturated carbocycles. The molecule has 0 nitrogen and oxygen atoms in total. The molecule has 74 valence electrons. The van der Waals surface area contributed by atoms with E-state index in [1.165, 1.54) is 12.1 Å². The van der Waals surface area contributed by atoms with Crippen molar-refractivity contribution in [3.05, 3.63) is 34.9 Å². The first kappa shape index (κ1) is 12.3. The van der Waals surface area contributed by atoms with Gasteiger partial charge in [-0.25, -0.2) is 0 Å². The summed E-state index contributed by atoms with van der Waals surface area (Å²) in [6, 6.07) is 4.32. The molecule has 0 unspecified atom stereocenters. The molecule has 0 amide bonds. The van der Waals surface area contributed by atoms with E-state index in [1.807, 2.05) is 13.8 Å². The fourth-order valence-corrected chi connectivity index (χ4v) is 0.765. The Hall–Kier alpha value is -0.700. The molecule has 0 aromatic heterocycles. The molecular formula is C9H10ClF3. The van der Waals surface area contributed by atoms with E-state index < -0.39 is 11.7 Å². The van der Waals surface area contributed by atoms with Gasteiger partial charge in [-0.3, -0.25) is 0 Å². The van der Waals surface area contributed by atoms with Crippen LogP contribution in [0, 0.1) is 0 Å². The Labute approximate surface area is 80.3 Å². The van der Waals surface area contributed by atoms with E-state index in [0.717, 1.165) is 12.1 Å². The van der Waals surface area contributed by atoms with Crippen LogP contribution in [0.2, 0.25) is 5.02 Å². The van der Waals surface area contributed by atoms with Crippen LogP contribution in [0.1, 0.15) is 19.4 Å². The quantitative estimate of drug-likeness (QED) is 0.596. The molecule has 0 bridgehead atoms. The van der Waals surface area contributed by atoms with Gasteiger partial charge in [0.1, 0.15) is 0 Å². The zero-order valence-corrected chi connectivity index (χ0v) is 8.08. The number of alkyl halides is 3. The number of hydrogen-bond donors (Lipinski definition) is 0. The SMILES string of the molecule is CC.FC(F)(F)c1ccc(Cl)cc1.